The molecule has 0 aliphatic carbocycles. The molecule has 24 heavy (non-hydrogen) atoms. The van der Waals surface area contributed by atoms with Gasteiger partial charge < -0.3 is 15.5 Å². The normalized spacial score (nSPS) is 12.1. The molecule has 0 saturated heterocycles. The molecule has 2 aromatic carbocycles. The predicted octanol–water partition coefficient (Wildman–Crippen LogP) is 4.56. The van der Waals surface area contributed by atoms with E-state index in [1.54, 1.807) is 30.3 Å². The van der Waals surface area contributed by atoms with Crippen LogP contribution in [0.3, 0.4) is 0 Å². The summed E-state index contributed by atoms with van der Waals surface area (Å²) in [4.78, 5) is 14.0. The van der Waals surface area contributed by atoms with Crippen molar-refractivity contribution in [3.05, 3.63) is 63.9 Å². The highest BCUT2D eigenvalue weighted by atomic mass is 35.5. The molecule has 0 bridgehead atoms. The number of nitrogens with one attached hydrogen (secondary N) is 2. The van der Waals surface area contributed by atoms with Gasteiger partial charge in [-0.2, -0.15) is 0 Å². The van der Waals surface area contributed by atoms with Crippen molar-refractivity contribution in [3.63, 3.8) is 0 Å². The van der Waals surface area contributed by atoms with Crippen molar-refractivity contribution in [2.75, 3.05) is 26.0 Å². The second-order valence-corrected chi connectivity index (χ2v) is 6.33. The summed E-state index contributed by atoms with van der Waals surface area (Å²) >= 11 is 11.9. The summed E-state index contributed by atoms with van der Waals surface area (Å²) in [5.74, 6) is -0.292. The summed E-state index contributed by atoms with van der Waals surface area (Å²) in [7, 11) is 3.79. The molecule has 4 nitrogen and oxygen atoms in total. The Morgan fingerprint density at radius 2 is 1.83 bits per heavy atom. The minimum atomic E-state index is -0.381. The first-order valence-corrected chi connectivity index (χ1v) is 8.04. The van der Waals surface area contributed by atoms with Crippen molar-refractivity contribution in [2.45, 2.75) is 6.04 Å². The van der Waals surface area contributed by atoms with Gasteiger partial charge in [-0.3, -0.25) is 0 Å². The Kier molecular flexibility index (Phi) is 6.43. The van der Waals surface area contributed by atoms with Crippen molar-refractivity contribution >= 4 is 34.9 Å². The fraction of sp³-hybridized carbons (Fsp3) is 0.235. The van der Waals surface area contributed by atoms with Gasteiger partial charge in [-0.15, -0.1) is 0 Å². The van der Waals surface area contributed by atoms with Gasteiger partial charge in [-0.25, -0.2) is 9.18 Å². The molecule has 2 N–H and O–H groups in total. The smallest absolute Gasteiger partial charge is 0.319 e. The SMILES string of the molecule is CN(C)C(CNC(=O)Nc1ccc(Cl)cc1Cl)c1ccc(F)cc1. The molecule has 1 atom stereocenters. The van der Waals surface area contributed by atoms with Crippen molar-refractivity contribution in [1.29, 1.82) is 0 Å². The number of halogens is 3. The number of amides is 2. The highest BCUT2D eigenvalue weighted by molar-refractivity contribution is 6.36. The molecule has 0 fully saturated rings. The Balaban J connectivity index is 1.98. The van der Waals surface area contributed by atoms with Gasteiger partial charge in [0.25, 0.3) is 0 Å². The Morgan fingerprint density at radius 3 is 2.42 bits per heavy atom. The zero-order valence-electron chi connectivity index (χ0n) is 13.3. The number of urea groups is 1. The van der Waals surface area contributed by atoms with Crippen LogP contribution in [0.1, 0.15) is 11.6 Å². The van der Waals surface area contributed by atoms with E-state index in [0.717, 1.165) is 5.56 Å². The van der Waals surface area contributed by atoms with Crippen LogP contribution in [0.15, 0.2) is 42.5 Å². The second kappa shape index (κ2) is 8.33. The van der Waals surface area contributed by atoms with Crippen LogP contribution in [0.5, 0.6) is 0 Å². The minimum absolute atomic E-state index is 0.0861. The highest BCUT2D eigenvalue weighted by Crippen LogP contribution is 2.25. The van der Waals surface area contributed by atoms with Crippen LogP contribution in [0.25, 0.3) is 0 Å². The molecule has 0 spiro atoms. The van der Waals surface area contributed by atoms with E-state index >= 15 is 0 Å². The van der Waals surface area contributed by atoms with E-state index in [2.05, 4.69) is 10.6 Å². The third kappa shape index (κ3) is 5.09. The van der Waals surface area contributed by atoms with Crippen molar-refractivity contribution in [1.82, 2.24) is 10.2 Å². The first-order chi connectivity index (χ1) is 11.4. The van der Waals surface area contributed by atoms with E-state index in [0.29, 0.717) is 22.3 Å². The maximum Gasteiger partial charge on any atom is 0.319 e. The van der Waals surface area contributed by atoms with Gasteiger partial charge in [-0.1, -0.05) is 35.3 Å². The Hall–Kier alpha value is -1.82. The number of hydrogen-bond acceptors (Lipinski definition) is 2. The molecule has 2 aromatic rings. The van der Waals surface area contributed by atoms with E-state index in [4.69, 9.17) is 23.2 Å². The van der Waals surface area contributed by atoms with Gasteiger partial charge in [-0.05, 0) is 50.0 Å². The van der Waals surface area contributed by atoms with Crippen LogP contribution >= 0.6 is 23.2 Å². The van der Waals surface area contributed by atoms with Gasteiger partial charge in [0.1, 0.15) is 5.82 Å². The topological polar surface area (TPSA) is 44.4 Å². The lowest BCUT2D eigenvalue weighted by atomic mass is 10.1. The molecule has 0 radical (unpaired) electrons. The summed E-state index contributed by atoms with van der Waals surface area (Å²) in [6.45, 7) is 0.357. The average Bonchev–Trinajstić information content (AvgIpc) is 2.52. The zero-order valence-corrected chi connectivity index (χ0v) is 14.8. The maximum atomic E-state index is 13.1. The largest absolute Gasteiger partial charge is 0.336 e. The van der Waals surface area contributed by atoms with Crippen LogP contribution in [0.4, 0.5) is 14.9 Å². The predicted molar refractivity (Wildman–Crippen MR) is 96.3 cm³/mol. The first-order valence-electron chi connectivity index (χ1n) is 7.28. The number of rotatable bonds is 5. The van der Waals surface area contributed by atoms with Crippen molar-refractivity contribution in [3.8, 4) is 0 Å². The summed E-state index contributed by atoms with van der Waals surface area (Å²) < 4.78 is 13.1. The van der Waals surface area contributed by atoms with E-state index < -0.39 is 0 Å². The Morgan fingerprint density at radius 1 is 1.17 bits per heavy atom. The average molecular weight is 370 g/mol. The molecule has 128 valence electrons. The molecule has 0 saturated carbocycles. The van der Waals surface area contributed by atoms with Gasteiger partial charge in [0.05, 0.1) is 16.8 Å². The van der Waals surface area contributed by atoms with Crippen molar-refractivity contribution < 1.29 is 9.18 Å². The molecular weight excluding hydrogens is 352 g/mol. The molecule has 1 unspecified atom stereocenters. The lowest BCUT2D eigenvalue weighted by Crippen LogP contribution is -2.36. The summed E-state index contributed by atoms with van der Waals surface area (Å²) in [5.41, 5.74) is 1.38. The molecule has 7 heteroatoms. The first kappa shape index (κ1) is 18.5. The van der Waals surface area contributed by atoms with Crippen LogP contribution < -0.4 is 10.6 Å². The number of anilines is 1. The van der Waals surface area contributed by atoms with Gasteiger partial charge in [0, 0.05) is 11.6 Å². The van der Waals surface area contributed by atoms with Gasteiger partial charge in [0.2, 0.25) is 0 Å². The van der Waals surface area contributed by atoms with Crippen LogP contribution in [0.2, 0.25) is 10.0 Å². The molecular formula is C17H18Cl2FN3O. The lowest BCUT2D eigenvalue weighted by Gasteiger charge is -2.25. The number of likely N-dealkylation sites (N-methyl/N-ethyl adjacent to an activating group) is 1. The van der Waals surface area contributed by atoms with Gasteiger partial charge in [0.15, 0.2) is 0 Å². The fourth-order valence-electron chi connectivity index (χ4n) is 2.23. The number of carbonyl (C=O) groups is 1. The third-order valence-corrected chi connectivity index (χ3v) is 4.06. The highest BCUT2D eigenvalue weighted by Gasteiger charge is 2.15. The number of benzene rings is 2. The van der Waals surface area contributed by atoms with E-state index in [-0.39, 0.29) is 17.9 Å². The monoisotopic (exact) mass is 369 g/mol. The minimum Gasteiger partial charge on any atom is -0.336 e. The number of hydrogen-bond donors (Lipinski definition) is 2. The van der Waals surface area contributed by atoms with E-state index in [1.807, 2.05) is 19.0 Å². The van der Waals surface area contributed by atoms with Crippen LogP contribution in [-0.2, 0) is 0 Å². The van der Waals surface area contributed by atoms with E-state index in [9.17, 15) is 9.18 Å². The zero-order chi connectivity index (χ0) is 17.7. The Labute approximate surface area is 150 Å². The molecule has 2 rings (SSSR count). The number of carbonyl (C=O) groups excluding carboxylic acids is 1. The van der Waals surface area contributed by atoms with Crippen LogP contribution in [-0.4, -0.2) is 31.6 Å². The summed E-state index contributed by atoms with van der Waals surface area (Å²) in [5, 5.41) is 6.32. The summed E-state index contributed by atoms with van der Waals surface area (Å²) in [6.07, 6.45) is 0. The maximum absolute atomic E-state index is 13.1. The third-order valence-electron chi connectivity index (χ3n) is 3.51. The lowest BCUT2D eigenvalue weighted by molar-refractivity contribution is 0.243. The van der Waals surface area contributed by atoms with Gasteiger partial charge >= 0.3 is 6.03 Å². The standard InChI is InChI=1S/C17H18Cl2FN3O/c1-23(2)16(11-3-6-13(20)7-4-11)10-21-17(24)22-15-8-5-12(18)9-14(15)19/h3-9,16H,10H2,1-2H3,(H2,21,22,24). The van der Waals surface area contributed by atoms with Crippen LogP contribution in [0, 0.1) is 5.82 Å². The van der Waals surface area contributed by atoms with E-state index in [1.165, 1.54) is 12.1 Å². The fourth-order valence-corrected chi connectivity index (χ4v) is 2.69. The molecule has 0 aliphatic rings. The quantitative estimate of drug-likeness (QED) is 0.811. The molecule has 2 amide bonds. The van der Waals surface area contributed by atoms with Crippen molar-refractivity contribution in [2.24, 2.45) is 0 Å². The molecule has 0 aliphatic heterocycles. The number of nitrogens with zero attached hydrogens (tertiary/aromatic N) is 1. The summed E-state index contributed by atoms with van der Waals surface area (Å²) in [6, 6.07) is 10.6. The Bertz CT molecular complexity index is 707. The molecule has 0 heterocycles. The molecule has 0 aromatic heterocycles. The second-order valence-electron chi connectivity index (χ2n) is 5.49.